The van der Waals surface area contributed by atoms with Crippen LogP contribution in [0, 0.1) is 17.7 Å². The number of carbonyl (C=O) groups is 3. The van der Waals surface area contributed by atoms with Crippen LogP contribution in [-0.4, -0.2) is 42.5 Å². The molecule has 4 unspecified atom stereocenters. The van der Waals surface area contributed by atoms with Gasteiger partial charge in [0.15, 0.2) is 0 Å². The number of halogens is 1. The van der Waals surface area contributed by atoms with E-state index in [4.69, 9.17) is 0 Å². The molecule has 29 heavy (non-hydrogen) atoms. The lowest BCUT2D eigenvalue weighted by atomic mass is 9.87. The molecule has 1 aliphatic heterocycles. The highest BCUT2D eigenvalue weighted by Crippen LogP contribution is 2.37. The smallest absolute Gasteiger partial charge is 0.232 e. The van der Waals surface area contributed by atoms with Gasteiger partial charge in [-0.25, -0.2) is 4.39 Å². The zero-order valence-electron chi connectivity index (χ0n) is 16.1. The van der Waals surface area contributed by atoms with Crippen LogP contribution in [0.3, 0.4) is 0 Å². The molecule has 0 bridgehead atoms. The van der Waals surface area contributed by atoms with Crippen molar-refractivity contribution in [2.24, 2.45) is 11.8 Å². The van der Waals surface area contributed by atoms with Crippen LogP contribution < -0.4 is 4.90 Å². The van der Waals surface area contributed by atoms with E-state index in [-0.39, 0.29) is 18.3 Å². The third kappa shape index (κ3) is 4.03. The van der Waals surface area contributed by atoms with E-state index < -0.39 is 23.9 Å². The SMILES string of the molecule is C=CC1C(C(=O)N(C)c2ccccc2)C(C=O)C(C=O)N1Cc1cccc(F)c1. The highest BCUT2D eigenvalue weighted by atomic mass is 19.1. The van der Waals surface area contributed by atoms with E-state index in [1.807, 2.05) is 18.2 Å². The summed E-state index contributed by atoms with van der Waals surface area (Å²) < 4.78 is 13.6. The van der Waals surface area contributed by atoms with Crippen LogP contribution >= 0.6 is 0 Å². The van der Waals surface area contributed by atoms with Crippen molar-refractivity contribution in [3.8, 4) is 0 Å². The third-order valence-electron chi connectivity index (χ3n) is 5.49. The van der Waals surface area contributed by atoms with Gasteiger partial charge in [0.05, 0.1) is 17.9 Å². The summed E-state index contributed by atoms with van der Waals surface area (Å²) in [5.41, 5.74) is 1.34. The fraction of sp³-hybridized carbons (Fsp3) is 0.261. The average Bonchev–Trinajstić information content (AvgIpc) is 3.05. The Bertz CT molecular complexity index is 902. The largest absolute Gasteiger partial charge is 0.315 e. The molecule has 3 rings (SSSR count). The van der Waals surface area contributed by atoms with Crippen molar-refractivity contribution < 1.29 is 18.8 Å². The van der Waals surface area contributed by atoms with E-state index in [0.717, 1.165) is 0 Å². The Labute approximate surface area is 169 Å². The van der Waals surface area contributed by atoms with Gasteiger partial charge in [0.1, 0.15) is 18.4 Å². The number of benzene rings is 2. The van der Waals surface area contributed by atoms with Gasteiger partial charge in [0.2, 0.25) is 5.91 Å². The summed E-state index contributed by atoms with van der Waals surface area (Å²) in [4.78, 5) is 40.3. The Hall–Kier alpha value is -3.12. The second kappa shape index (κ2) is 8.92. The average molecular weight is 394 g/mol. The number of likely N-dealkylation sites (tertiary alicyclic amines) is 1. The summed E-state index contributed by atoms with van der Waals surface area (Å²) in [5, 5.41) is 0. The number of nitrogens with zero attached hydrogens (tertiary/aromatic N) is 2. The number of para-hydroxylation sites is 1. The lowest BCUT2D eigenvalue weighted by Crippen LogP contribution is -2.41. The monoisotopic (exact) mass is 394 g/mol. The number of hydrogen-bond acceptors (Lipinski definition) is 4. The quantitative estimate of drug-likeness (QED) is 0.535. The van der Waals surface area contributed by atoms with Crippen molar-refractivity contribution in [1.82, 2.24) is 4.90 Å². The van der Waals surface area contributed by atoms with E-state index in [1.54, 1.807) is 42.3 Å². The van der Waals surface area contributed by atoms with Gasteiger partial charge in [-0.05, 0) is 29.8 Å². The van der Waals surface area contributed by atoms with Crippen molar-refractivity contribution in [1.29, 1.82) is 0 Å². The summed E-state index contributed by atoms with van der Waals surface area (Å²) in [7, 11) is 1.64. The van der Waals surface area contributed by atoms with Crippen LogP contribution in [0.1, 0.15) is 5.56 Å². The van der Waals surface area contributed by atoms with Crippen molar-refractivity contribution in [3.05, 3.63) is 78.6 Å². The van der Waals surface area contributed by atoms with Crippen LogP contribution in [0.4, 0.5) is 10.1 Å². The first kappa shape index (κ1) is 20.6. The Kier molecular flexibility index (Phi) is 6.34. The van der Waals surface area contributed by atoms with Gasteiger partial charge < -0.3 is 14.5 Å². The predicted molar refractivity (Wildman–Crippen MR) is 109 cm³/mol. The molecule has 1 heterocycles. The fourth-order valence-electron chi connectivity index (χ4n) is 4.05. The topological polar surface area (TPSA) is 57.7 Å². The zero-order valence-corrected chi connectivity index (χ0v) is 16.1. The predicted octanol–water partition coefficient (Wildman–Crippen LogP) is 2.86. The van der Waals surface area contributed by atoms with Crippen LogP contribution in [-0.2, 0) is 20.9 Å². The van der Waals surface area contributed by atoms with Crippen molar-refractivity contribution >= 4 is 24.2 Å². The van der Waals surface area contributed by atoms with Gasteiger partial charge in [0.25, 0.3) is 0 Å². The van der Waals surface area contributed by atoms with Crippen molar-refractivity contribution in [2.45, 2.75) is 18.6 Å². The van der Waals surface area contributed by atoms with E-state index >= 15 is 0 Å². The molecule has 2 aromatic carbocycles. The number of carbonyl (C=O) groups excluding carboxylic acids is 3. The zero-order chi connectivity index (χ0) is 21.0. The van der Waals surface area contributed by atoms with E-state index in [1.165, 1.54) is 17.0 Å². The van der Waals surface area contributed by atoms with E-state index in [2.05, 4.69) is 6.58 Å². The lowest BCUT2D eigenvalue weighted by molar-refractivity contribution is -0.127. The normalized spacial score (nSPS) is 24.1. The highest BCUT2D eigenvalue weighted by molar-refractivity contribution is 5.97. The molecule has 1 amide bonds. The number of aldehydes is 2. The van der Waals surface area contributed by atoms with Crippen LogP contribution in [0.5, 0.6) is 0 Å². The molecule has 1 saturated heterocycles. The molecule has 0 spiro atoms. The minimum absolute atomic E-state index is 0.223. The molecule has 6 heteroatoms. The molecule has 0 aliphatic carbocycles. The Morgan fingerprint density at radius 3 is 2.41 bits per heavy atom. The third-order valence-corrected chi connectivity index (χ3v) is 5.49. The van der Waals surface area contributed by atoms with Crippen molar-refractivity contribution in [2.75, 3.05) is 11.9 Å². The summed E-state index contributed by atoms with van der Waals surface area (Å²) in [6.45, 7) is 4.06. The molecule has 5 nitrogen and oxygen atoms in total. The minimum atomic E-state index is -0.817. The summed E-state index contributed by atoms with van der Waals surface area (Å²) in [6.07, 6.45) is 2.94. The van der Waals surface area contributed by atoms with Gasteiger partial charge in [-0.15, -0.1) is 6.58 Å². The summed E-state index contributed by atoms with van der Waals surface area (Å²) >= 11 is 0. The van der Waals surface area contributed by atoms with E-state index in [9.17, 15) is 18.8 Å². The maximum Gasteiger partial charge on any atom is 0.232 e. The first-order valence-corrected chi connectivity index (χ1v) is 9.37. The van der Waals surface area contributed by atoms with Gasteiger partial charge >= 0.3 is 0 Å². The number of anilines is 1. The molecule has 0 radical (unpaired) electrons. The Morgan fingerprint density at radius 2 is 1.83 bits per heavy atom. The molecule has 1 fully saturated rings. The lowest BCUT2D eigenvalue weighted by Gasteiger charge is -2.28. The Morgan fingerprint density at radius 1 is 1.10 bits per heavy atom. The van der Waals surface area contributed by atoms with Crippen molar-refractivity contribution in [3.63, 3.8) is 0 Å². The van der Waals surface area contributed by atoms with Crippen LogP contribution in [0.15, 0.2) is 67.3 Å². The molecule has 0 N–H and O–H groups in total. The minimum Gasteiger partial charge on any atom is -0.315 e. The first-order valence-electron chi connectivity index (χ1n) is 9.37. The van der Waals surface area contributed by atoms with Gasteiger partial charge in [-0.2, -0.15) is 0 Å². The standard InChI is InChI=1S/C23H23FN2O3/c1-3-20-22(23(29)25(2)18-10-5-4-6-11-18)19(14-27)21(15-28)26(20)13-16-8-7-9-17(24)12-16/h3-12,14-15,19-22H,1,13H2,2H3. The number of amides is 1. The summed E-state index contributed by atoms with van der Waals surface area (Å²) in [5.74, 6) is -2.24. The number of rotatable bonds is 7. The van der Waals surface area contributed by atoms with Crippen LogP contribution in [0.25, 0.3) is 0 Å². The molecular weight excluding hydrogens is 371 g/mol. The highest BCUT2D eigenvalue weighted by Gasteiger charge is 2.51. The van der Waals surface area contributed by atoms with Crippen LogP contribution in [0.2, 0.25) is 0 Å². The summed E-state index contributed by atoms with van der Waals surface area (Å²) in [6, 6.07) is 13.8. The fourth-order valence-corrected chi connectivity index (χ4v) is 4.05. The maximum atomic E-state index is 13.6. The van der Waals surface area contributed by atoms with Gasteiger partial charge in [-0.3, -0.25) is 9.69 Å². The molecule has 2 aromatic rings. The second-order valence-corrected chi connectivity index (χ2v) is 7.13. The molecule has 1 aliphatic rings. The second-order valence-electron chi connectivity index (χ2n) is 7.13. The first-order chi connectivity index (χ1) is 14.0. The molecule has 0 aromatic heterocycles. The molecule has 150 valence electrons. The van der Waals surface area contributed by atoms with E-state index in [0.29, 0.717) is 23.8 Å². The molecular formula is C23H23FN2O3. The van der Waals surface area contributed by atoms with Gasteiger partial charge in [-0.1, -0.05) is 36.4 Å². The Balaban J connectivity index is 1.95. The number of hydrogen-bond donors (Lipinski definition) is 0. The maximum absolute atomic E-state index is 13.6. The molecule has 0 saturated carbocycles. The van der Waals surface area contributed by atoms with Gasteiger partial charge in [0, 0.05) is 25.3 Å². The molecule has 4 atom stereocenters.